The van der Waals surface area contributed by atoms with Gasteiger partial charge in [0, 0.05) is 11.3 Å². The van der Waals surface area contributed by atoms with E-state index in [0.717, 1.165) is 17.2 Å². The molecule has 1 aliphatic carbocycles. The molecule has 90 valence electrons. The molecule has 0 aromatic heterocycles. The summed E-state index contributed by atoms with van der Waals surface area (Å²) in [7, 11) is 0. The summed E-state index contributed by atoms with van der Waals surface area (Å²) in [6.45, 7) is 8.10. The van der Waals surface area contributed by atoms with Crippen molar-refractivity contribution >= 4 is 11.8 Å². The second-order valence-electron chi connectivity index (χ2n) is 5.08. The van der Waals surface area contributed by atoms with Crippen molar-refractivity contribution in [1.82, 2.24) is 5.32 Å². The highest BCUT2D eigenvalue weighted by Crippen LogP contribution is 2.30. The van der Waals surface area contributed by atoms with Crippen LogP contribution in [0.25, 0.3) is 0 Å². The average Bonchev–Trinajstić information content (AvgIpc) is 2.62. The standard InChI is InChI=1S/C13H27NS/c1-4-9-14-12-6-5-7-13(12)15-10-8-11(2)3/h11-14H,4-10H2,1-3H3. The van der Waals surface area contributed by atoms with E-state index in [-0.39, 0.29) is 0 Å². The predicted octanol–water partition coefficient (Wildman–Crippen LogP) is 3.69. The molecule has 0 aliphatic heterocycles. The Labute approximate surface area is 99.8 Å². The van der Waals surface area contributed by atoms with Gasteiger partial charge in [-0.25, -0.2) is 0 Å². The molecule has 1 fully saturated rings. The third kappa shape index (κ3) is 5.26. The molecule has 0 aromatic carbocycles. The molecule has 1 aliphatic rings. The second-order valence-corrected chi connectivity index (χ2v) is 6.43. The highest BCUT2D eigenvalue weighted by Gasteiger charge is 2.26. The maximum atomic E-state index is 3.70. The summed E-state index contributed by atoms with van der Waals surface area (Å²) in [5, 5.41) is 4.60. The van der Waals surface area contributed by atoms with Crippen LogP contribution in [-0.4, -0.2) is 23.6 Å². The lowest BCUT2D eigenvalue weighted by Gasteiger charge is -2.20. The quantitative estimate of drug-likeness (QED) is 0.714. The fraction of sp³-hybridized carbons (Fsp3) is 1.00. The van der Waals surface area contributed by atoms with Gasteiger partial charge in [-0.15, -0.1) is 0 Å². The summed E-state index contributed by atoms with van der Waals surface area (Å²) in [5.41, 5.74) is 0. The van der Waals surface area contributed by atoms with E-state index in [1.165, 1.54) is 44.4 Å². The molecule has 2 heteroatoms. The van der Waals surface area contributed by atoms with E-state index in [1.807, 2.05) is 0 Å². The molecule has 2 unspecified atom stereocenters. The molecule has 1 nitrogen and oxygen atoms in total. The van der Waals surface area contributed by atoms with Crippen LogP contribution in [0.1, 0.15) is 52.9 Å². The number of hydrogen-bond acceptors (Lipinski definition) is 2. The molecule has 0 bridgehead atoms. The van der Waals surface area contributed by atoms with Gasteiger partial charge < -0.3 is 5.32 Å². The first-order chi connectivity index (χ1) is 7.24. The van der Waals surface area contributed by atoms with E-state index < -0.39 is 0 Å². The molecule has 0 heterocycles. The maximum Gasteiger partial charge on any atom is 0.0201 e. The average molecular weight is 229 g/mol. The monoisotopic (exact) mass is 229 g/mol. The summed E-state index contributed by atoms with van der Waals surface area (Å²) < 4.78 is 0. The highest BCUT2D eigenvalue weighted by atomic mass is 32.2. The lowest BCUT2D eigenvalue weighted by molar-refractivity contribution is 0.530. The summed E-state index contributed by atoms with van der Waals surface area (Å²) in [6, 6.07) is 0.808. The Bertz CT molecular complexity index is 159. The van der Waals surface area contributed by atoms with E-state index >= 15 is 0 Å². The van der Waals surface area contributed by atoms with Crippen LogP contribution < -0.4 is 5.32 Å². The van der Waals surface area contributed by atoms with Crippen molar-refractivity contribution in [2.75, 3.05) is 12.3 Å². The molecule has 1 N–H and O–H groups in total. The van der Waals surface area contributed by atoms with Gasteiger partial charge in [0.15, 0.2) is 0 Å². The highest BCUT2D eigenvalue weighted by molar-refractivity contribution is 7.99. The van der Waals surface area contributed by atoms with Crippen LogP contribution in [0.15, 0.2) is 0 Å². The fourth-order valence-corrected chi connectivity index (χ4v) is 3.85. The van der Waals surface area contributed by atoms with Crippen LogP contribution in [-0.2, 0) is 0 Å². The van der Waals surface area contributed by atoms with Crippen LogP contribution in [0.5, 0.6) is 0 Å². The summed E-state index contributed by atoms with van der Waals surface area (Å²) in [4.78, 5) is 0. The Morgan fingerprint density at radius 1 is 1.33 bits per heavy atom. The Balaban J connectivity index is 2.15. The minimum Gasteiger partial charge on any atom is -0.313 e. The lowest BCUT2D eigenvalue weighted by atomic mass is 10.2. The predicted molar refractivity (Wildman–Crippen MR) is 71.6 cm³/mol. The zero-order valence-corrected chi connectivity index (χ0v) is 11.4. The molecule has 0 spiro atoms. The SMILES string of the molecule is CCCNC1CCCC1SCCC(C)C. The molecule has 1 saturated carbocycles. The molecule has 2 atom stereocenters. The molecule has 0 saturated heterocycles. The number of hydrogen-bond donors (Lipinski definition) is 1. The molecule has 0 aromatic rings. The van der Waals surface area contributed by atoms with Gasteiger partial charge in [0.05, 0.1) is 0 Å². The van der Waals surface area contributed by atoms with E-state index in [9.17, 15) is 0 Å². The molecule has 0 radical (unpaired) electrons. The van der Waals surface area contributed by atoms with E-state index in [2.05, 4.69) is 37.8 Å². The smallest absolute Gasteiger partial charge is 0.0201 e. The van der Waals surface area contributed by atoms with Crippen molar-refractivity contribution in [3.05, 3.63) is 0 Å². The minimum absolute atomic E-state index is 0.808. The van der Waals surface area contributed by atoms with Gasteiger partial charge in [0.2, 0.25) is 0 Å². The maximum absolute atomic E-state index is 3.70. The molecular weight excluding hydrogens is 202 g/mol. The van der Waals surface area contributed by atoms with Crippen LogP contribution in [0.3, 0.4) is 0 Å². The first kappa shape index (κ1) is 13.4. The molecule has 15 heavy (non-hydrogen) atoms. The van der Waals surface area contributed by atoms with E-state index in [4.69, 9.17) is 0 Å². The third-order valence-electron chi connectivity index (χ3n) is 3.14. The van der Waals surface area contributed by atoms with Gasteiger partial charge in [-0.2, -0.15) is 11.8 Å². The summed E-state index contributed by atoms with van der Waals surface area (Å²) in [6.07, 6.45) is 6.91. The first-order valence-corrected chi connectivity index (χ1v) is 7.64. The van der Waals surface area contributed by atoms with E-state index in [0.29, 0.717) is 0 Å². The summed E-state index contributed by atoms with van der Waals surface area (Å²) in [5.74, 6) is 2.22. The minimum atomic E-state index is 0.808. The van der Waals surface area contributed by atoms with E-state index in [1.54, 1.807) is 0 Å². The molecule has 0 amide bonds. The number of rotatable bonds is 7. The van der Waals surface area contributed by atoms with Gasteiger partial charge in [-0.3, -0.25) is 0 Å². The van der Waals surface area contributed by atoms with Crippen molar-refractivity contribution in [2.45, 2.75) is 64.2 Å². The van der Waals surface area contributed by atoms with Crippen molar-refractivity contribution in [3.63, 3.8) is 0 Å². The normalized spacial score (nSPS) is 26.4. The Morgan fingerprint density at radius 3 is 2.80 bits per heavy atom. The van der Waals surface area contributed by atoms with Gasteiger partial charge >= 0.3 is 0 Å². The van der Waals surface area contributed by atoms with Crippen molar-refractivity contribution in [1.29, 1.82) is 0 Å². The van der Waals surface area contributed by atoms with Gasteiger partial charge in [0.25, 0.3) is 0 Å². The molecular formula is C13H27NS. The van der Waals surface area contributed by atoms with Crippen molar-refractivity contribution in [2.24, 2.45) is 5.92 Å². The largest absolute Gasteiger partial charge is 0.313 e. The Hall–Kier alpha value is 0.310. The fourth-order valence-electron chi connectivity index (χ4n) is 2.14. The number of nitrogens with one attached hydrogen (secondary N) is 1. The second kappa shape index (κ2) is 7.56. The van der Waals surface area contributed by atoms with Gasteiger partial charge in [-0.05, 0) is 43.9 Å². The number of thioether (sulfide) groups is 1. The van der Waals surface area contributed by atoms with Crippen molar-refractivity contribution in [3.8, 4) is 0 Å². The van der Waals surface area contributed by atoms with Crippen LogP contribution >= 0.6 is 11.8 Å². The first-order valence-electron chi connectivity index (χ1n) is 6.59. The van der Waals surface area contributed by atoms with Crippen LogP contribution in [0.4, 0.5) is 0 Å². The summed E-state index contributed by atoms with van der Waals surface area (Å²) >= 11 is 2.21. The van der Waals surface area contributed by atoms with Crippen LogP contribution in [0, 0.1) is 5.92 Å². The third-order valence-corrected chi connectivity index (χ3v) is 4.60. The molecule has 1 rings (SSSR count). The van der Waals surface area contributed by atoms with Crippen molar-refractivity contribution < 1.29 is 0 Å². The zero-order chi connectivity index (χ0) is 11.1. The van der Waals surface area contributed by atoms with Gasteiger partial charge in [-0.1, -0.05) is 27.2 Å². The Kier molecular flexibility index (Phi) is 6.74. The Morgan fingerprint density at radius 2 is 2.13 bits per heavy atom. The zero-order valence-electron chi connectivity index (χ0n) is 10.6. The topological polar surface area (TPSA) is 12.0 Å². The van der Waals surface area contributed by atoms with Crippen LogP contribution in [0.2, 0.25) is 0 Å². The lowest BCUT2D eigenvalue weighted by Crippen LogP contribution is -2.34. The van der Waals surface area contributed by atoms with Gasteiger partial charge in [0.1, 0.15) is 0 Å².